The maximum Gasteiger partial charge on any atom is 0.256 e. The van der Waals surface area contributed by atoms with Gasteiger partial charge in [-0.25, -0.2) is 0 Å². The van der Waals surface area contributed by atoms with Crippen LogP contribution in [0.1, 0.15) is 27.4 Å². The molecule has 6 nitrogen and oxygen atoms in total. The largest absolute Gasteiger partial charge is 0.361 e. The quantitative estimate of drug-likeness (QED) is 0.783. The maximum absolute atomic E-state index is 12.2. The smallest absolute Gasteiger partial charge is 0.256 e. The molecule has 2 aromatic heterocycles. The average molecular weight is 324 g/mol. The lowest BCUT2D eigenvalue weighted by Gasteiger charge is -2.07. The van der Waals surface area contributed by atoms with Gasteiger partial charge in [0.05, 0.1) is 11.4 Å². The Morgan fingerprint density at radius 3 is 2.54 bits per heavy atom. The third kappa shape index (κ3) is 3.22. The van der Waals surface area contributed by atoms with Gasteiger partial charge >= 0.3 is 0 Å². The molecule has 3 aromatic rings. The third-order valence-electron chi connectivity index (χ3n) is 4.03. The standard InChI is InChI=1S/C18H20N4O2/c1-12-17(13(2)24-21-12)18(23)19-10-8-14-4-6-15(7-5-14)16-9-11-20-22(16)3/h4-7,9,11H,8,10H2,1-3H3,(H,19,23). The summed E-state index contributed by atoms with van der Waals surface area (Å²) in [5.74, 6) is 0.406. The summed E-state index contributed by atoms with van der Waals surface area (Å²) in [6.45, 7) is 4.07. The van der Waals surface area contributed by atoms with Crippen molar-refractivity contribution in [3.63, 3.8) is 0 Å². The minimum atomic E-state index is -0.141. The van der Waals surface area contributed by atoms with Crippen molar-refractivity contribution in [1.82, 2.24) is 20.3 Å². The van der Waals surface area contributed by atoms with E-state index in [0.29, 0.717) is 23.6 Å². The topological polar surface area (TPSA) is 73.0 Å². The number of nitrogens with zero attached hydrogens (tertiary/aromatic N) is 3. The fourth-order valence-electron chi connectivity index (χ4n) is 2.72. The molecule has 0 aliphatic heterocycles. The molecule has 0 aliphatic rings. The number of carbonyl (C=O) groups excluding carboxylic acids is 1. The highest BCUT2D eigenvalue weighted by molar-refractivity contribution is 5.96. The summed E-state index contributed by atoms with van der Waals surface area (Å²) in [4.78, 5) is 12.2. The van der Waals surface area contributed by atoms with E-state index in [0.717, 1.165) is 17.7 Å². The second-order valence-corrected chi connectivity index (χ2v) is 5.74. The summed E-state index contributed by atoms with van der Waals surface area (Å²) < 4.78 is 6.87. The molecule has 0 radical (unpaired) electrons. The van der Waals surface area contributed by atoms with Gasteiger partial charge in [-0.05, 0) is 37.5 Å². The van der Waals surface area contributed by atoms with Crippen LogP contribution in [0.15, 0.2) is 41.1 Å². The van der Waals surface area contributed by atoms with Crippen molar-refractivity contribution >= 4 is 5.91 Å². The molecule has 0 bridgehead atoms. The van der Waals surface area contributed by atoms with Crippen LogP contribution in [0.5, 0.6) is 0 Å². The highest BCUT2D eigenvalue weighted by Crippen LogP contribution is 2.18. The molecule has 24 heavy (non-hydrogen) atoms. The van der Waals surface area contributed by atoms with Gasteiger partial charge in [0, 0.05) is 19.8 Å². The molecule has 1 N–H and O–H groups in total. The molecule has 0 fully saturated rings. The van der Waals surface area contributed by atoms with Crippen molar-refractivity contribution in [2.24, 2.45) is 7.05 Å². The predicted octanol–water partition coefficient (Wildman–Crippen LogP) is 2.66. The molecule has 1 amide bonds. The van der Waals surface area contributed by atoms with Crippen molar-refractivity contribution in [3.8, 4) is 11.3 Å². The molecule has 124 valence electrons. The van der Waals surface area contributed by atoms with Gasteiger partial charge in [0.2, 0.25) is 0 Å². The van der Waals surface area contributed by atoms with Crippen molar-refractivity contribution in [2.45, 2.75) is 20.3 Å². The maximum atomic E-state index is 12.2. The lowest BCUT2D eigenvalue weighted by atomic mass is 10.1. The molecule has 0 spiro atoms. The fourth-order valence-corrected chi connectivity index (χ4v) is 2.72. The summed E-state index contributed by atoms with van der Waals surface area (Å²) in [7, 11) is 1.92. The number of aryl methyl sites for hydroxylation is 3. The summed E-state index contributed by atoms with van der Waals surface area (Å²) in [5, 5.41) is 10.9. The van der Waals surface area contributed by atoms with Crippen LogP contribution in [0.25, 0.3) is 11.3 Å². The average Bonchev–Trinajstić information content (AvgIpc) is 3.14. The SMILES string of the molecule is Cc1noc(C)c1C(=O)NCCc1ccc(-c2ccnn2C)cc1. The number of nitrogens with one attached hydrogen (secondary N) is 1. The van der Waals surface area contributed by atoms with Crippen molar-refractivity contribution < 1.29 is 9.32 Å². The lowest BCUT2D eigenvalue weighted by Crippen LogP contribution is -2.26. The van der Waals surface area contributed by atoms with Crippen LogP contribution in [-0.4, -0.2) is 27.4 Å². The van der Waals surface area contributed by atoms with Crippen molar-refractivity contribution in [3.05, 3.63) is 59.1 Å². The molecule has 2 heterocycles. The Balaban J connectivity index is 1.58. The number of aromatic nitrogens is 3. The number of rotatable bonds is 5. The van der Waals surface area contributed by atoms with E-state index in [1.807, 2.05) is 17.8 Å². The Morgan fingerprint density at radius 2 is 1.96 bits per heavy atom. The second-order valence-electron chi connectivity index (χ2n) is 5.74. The Bertz CT molecular complexity index is 827. The zero-order valence-electron chi connectivity index (χ0n) is 14.0. The van der Waals surface area contributed by atoms with Gasteiger partial charge in [-0.15, -0.1) is 0 Å². The van der Waals surface area contributed by atoms with E-state index in [2.05, 4.69) is 39.8 Å². The summed E-state index contributed by atoms with van der Waals surface area (Å²) in [5.41, 5.74) is 4.51. The minimum Gasteiger partial charge on any atom is -0.361 e. The normalized spacial score (nSPS) is 10.8. The third-order valence-corrected chi connectivity index (χ3v) is 4.03. The monoisotopic (exact) mass is 324 g/mol. The van der Waals surface area contributed by atoms with E-state index in [1.54, 1.807) is 20.0 Å². The molecule has 3 rings (SSSR count). The molecular formula is C18H20N4O2. The van der Waals surface area contributed by atoms with E-state index in [-0.39, 0.29) is 5.91 Å². The Hall–Kier alpha value is -2.89. The molecule has 6 heteroatoms. The zero-order chi connectivity index (χ0) is 17.1. The fraction of sp³-hybridized carbons (Fsp3) is 0.278. The summed E-state index contributed by atoms with van der Waals surface area (Å²) in [6.07, 6.45) is 2.55. The Kier molecular flexibility index (Phi) is 4.46. The first-order valence-electron chi connectivity index (χ1n) is 7.84. The van der Waals surface area contributed by atoms with Gasteiger partial charge in [-0.3, -0.25) is 9.48 Å². The van der Waals surface area contributed by atoms with Crippen molar-refractivity contribution in [1.29, 1.82) is 0 Å². The molecule has 0 atom stereocenters. The van der Waals surface area contributed by atoms with E-state index < -0.39 is 0 Å². The van der Waals surface area contributed by atoms with E-state index in [1.165, 1.54) is 5.56 Å². The molecule has 1 aromatic carbocycles. The van der Waals surface area contributed by atoms with Crippen LogP contribution in [0.4, 0.5) is 0 Å². The van der Waals surface area contributed by atoms with E-state index in [9.17, 15) is 4.79 Å². The Morgan fingerprint density at radius 1 is 1.21 bits per heavy atom. The first-order chi connectivity index (χ1) is 11.6. The van der Waals surface area contributed by atoms with Crippen LogP contribution in [-0.2, 0) is 13.5 Å². The summed E-state index contributed by atoms with van der Waals surface area (Å²) >= 11 is 0. The second kappa shape index (κ2) is 6.70. The van der Waals surface area contributed by atoms with Crippen LogP contribution >= 0.6 is 0 Å². The molecular weight excluding hydrogens is 304 g/mol. The molecule has 0 saturated carbocycles. The van der Waals surface area contributed by atoms with Crippen LogP contribution in [0, 0.1) is 13.8 Å². The zero-order valence-corrected chi connectivity index (χ0v) is 14.0. The number of hydrogen-bond donors (Lipinski definition) is 1. The molecule has 0 saturated heterocycles. The van der Waals surface area contributed by atoms with Gasteiger partial charge in [-0.1, -0.05) is 29.4 Å². The van der Waals surface area contributed by atoms with Gasteiger partial charge in [0.15, 0.2) is 0 Å². The van der Waals surface area contributed by atoms with Crippen LogP contribution in [0.3, 0.4) is 0 Å². The summed E-state index contributed by atoms with van der Waals surface area (Å²) in [6, 6.07) is 10.3. The lowest BCUT2D eigenvalue weighted by molar-refractivity contribution is 0.0952. The first kappa shape index (κ1) is 16.0. The van der Waals surface area contributed by atoms with Crippen LogP contribution in [0.2, 0.25) is 0 Å². The van der Waals surface area contributed by atoms with Crippen LogP contribution < -0.4 is 5.32 Å². The number of carbonyl (C=O) groups is 1. The Labute approximate surface area is 140 Å². The van der Waals surface area contributed by atoms with E-state index >= 15 is 0 Å². The first-order valence-corrected chi connectivity index (χ1v) is 7.84. The van der Waals surface area contributed by atoms with Gasteiger partial charge in [0.25, 0.3) is 5.91 Å². The van der Waals surface area contributed by atoms with E-state index in [4.69, 9.17) is 4.52 Å². The number of hydrogen-bond acceptors (Lipinski definition) is 4. The molecule has 0 aliphatic carbocycles. The van der Waals surface area contributed by atoms with Gasteiger partial charge in [-0.2, -0.15) is 5.10 Å². The van der Waals surface area contributed by atoms with Gasteiger partial charge < -0.3 is 9.84 Å². The van der Waals surface area contributed by atoms with Gasteiger partial charge in [0.1, 0.15) is 11.3 Å². The minimum absolute atomic E-state index is 0.141. The highest BCUT2D eigenvalue weighted by Gasteiger charge is 2.16. The van der Waals surface area contributed by atoms with Crippen molar-refractivity contribution in [2.75, 3.05) is 6.54 Å². The predicted molar refractivity (Wildman–Crippen MR) is 90.7 cm³/mol. The number of amides is 1. The molecule has 0 unspecified atom stereocenters. The highest BCUT2D eigenvalue weighted by atomic mass is 16.5. The number of benzene rings is 1.